The van der Waals surface area contributed by atoms with Crippen LogP contribution in [0.15, 0.2) is 83.8 Å². The van der Waals surface area contributed by atoms with E-state index in [4.69, 9.17) is 0 Å². The van der Waals surface area contributed by atoms with Crippen molar-refractivity contribution in [3.63, 3.8) is 0 Å². The predicted molar refractivity (Wildman–Crippen MR) is 130 cm³/mol. The molecule has 33 heavy (non-hydrogen) atoms. The van der Waals surface area contributed by atoms with Gasteiger partial charge in [0.25, 0.3) is 5.91 Å². The fourth-order valence-corrected chi connectivity index (χ4v) is 5.40. The molecule has 1 heterocycles. The molecule has 172 valence electrons. The second-order valence-electron chi connectivity index (χ2n) is 8.42. The first-order chi connectivity index (χ1) is 15.8. The number of carbonyl (C=O) groups is 1. The smallest absolute Gasteiger partial charge is 0.251 e. The van der Waals surface area contributed by atoms with Crippen LogP contribution in [0.2, 0.25) is 0 Å². The summed E-state index contributed by atoms with van der Waals surface area (Å²) in [5.41, 5.74) is 3.56. The summed E-state index contributed by atoms with van der Waals surface area (Å²) < 4.78 is 27.6. The molecule has 0 bridgehead atoms. The van der Waals surface area contributed by atoms with Gasteiger partial charge in [-0.25, -0.2) is 8.42 Å². The summed E-state index contributed by atoms with van der Waals surface area (Å²) in [6.45, 7) is 4.21. The van der Waals surface area contributed by atoms with Crippen LogP contribution in [0.5, 0.6) is 0 Å². The zero-order valence-electron chi connectivity index (χ0n) is 18.9. The van der Waals surface area contributed by atoms with Crippen molar-refractivity contribution in [3.8, 4) is 11.1 Å². The molecule has 1 amide bonds. The van der Waals surface area contributed by atoms with Crippen molar-refractivity contribution in [2.45, 2.75) is 17.9 Å². The highest BCUT2D eigenvalue weighted by Crippen LogP contribution is 2.23. The van der Waals surface area contributed by atoms with Crippen LogP contribution in [-0.4, -0.2) is 56.8 Å². The molecular formula is C26H29N3O3S. The number of rotatable bonds is 6. The Morgan fingerprint density at radius 2 is 1.48 bits per heavy atom. The number of carbonyl (C=O) groups excluding carboxylic acids is 1. The molecule has 0 spiro atoms. The molecule has 1 N–H and O–H groups in total. The van der Waals surface area contributed by atoms with Gasteiger partial charge in [-0.1, -0.05) is 60.7 Å². The van der Waals surface area contributed by atoms with Crippen molar-refractivity contribution in [1.82, 2.24) is 14.5 Å². The first-order valence-corrected chi connectivity index (χ1v) is 12.5. The van der Waals surface area contributed by atoms with Gasteiger partial charge in [-0.3, -0.25) is 4.79 Å². The zero-order chi connectivity index (χ0) is 23.4. The predicted octanol–water partition coefficient (Wildman–Crippen LogP) is 3.78. The summed E-state index contributed by atoms with van der Waals surface area (Å²) in [5.74, 6) is -0.301. The molecule has 1 aliphatic rings. The van der Waals surface area contributed by atoms with Crippen LogP contribution in [0.1, 0.15) is 28.9 Å². The molecule has 3 aromatic carbocycles. The minimum atomic E-state index is -3.63. The highest BCUT2D eigenvalue weighted by molar-refractivity contribution is 7.89. The van der Waals surface area contributed by atoms with E-state index in [1.165, 1.54) is 10.4 Å². The van der Waals surface area contributed by atoms with Crippen LogP contribution in [0, 0.1) is 0 Å². The van der Waals surface area contributed by atoms with Crippen molar-refractivity contribution in [2.75, 3.05) is 33.2 Å². The Bertz CT molecular complexity index is 1200. The molecule has 0 aliphatic carbocycles. The van der Waals surface area contributed by atoms with E-state index in [1.807, 2.05) is 56.4 Å². The molecule has 0 saturated carbocycles. The lowest BCUT2D eigenvalue weighted by Crippen LogP contribution is -2.47. The van der Waals surface area contributed by atoms with Crippen molar-refractivity contribution in [1.29, 1.82) is 0 Å². The molecule has 1 fully saturated rings. The molecule has 4 rings (SSSR count). The van der Waals surface area contributed by atoms with Gasteiger partial charge < -0.3 is 10.2 Å². The SMILES string of the molecule is C[C@@H](NC(=O)c1cccc(S(=O)(=O)N2CCN(C)CC2)c1)c1ccc(-c2ccccc2)cc1. The Balaban J connectivity index is 1.45. The molecule has 3 aromatic rings. The number of benzene rings is 3. The molecule has 1 atom stereocenters. The number of nitrogens with one attached hydrogen (secondary N) is 1. The van der Waals surface area contributed by atoms with Gasteiger partial charge in [-0.05, 0) is 48.9 Å². The van der Waals surface area contributed by atoms with E-state index in [-0.39, 0.29) is 16.8 Å². The number of hydrogen-bond donors (Lipinski definition) is 1. The molecule has 0 radical (unpaired) electrons. The fourth-order valence-electron chi connectivity index (χ4n) is 3.93. The van der Waals surface area contributed by atoms with E-state index in [2.05, 4.69) is 22.3 Å². The van der Waals surface area contributed by atoms with Crippen molar-refractivity contribution < 1.29 is 13.2 Å². The summed E-state index contributed by atoms with van der Waals surface area (Å²) in [6.07, 6.45) is 0. The number of hydrogen-bond acceptors (Lipinski definition) is 4. The number of piperazine rings is 1. The molecule has 0 aromatic heterocycles. The van der Waals surface area contributed by atoms with Crippen LogP contribution in [0.25, 0.3) is 11.1 Å². The van der Waals surface area contributed by atoms with Crippen LogP contribution >= 0.6 is 0 Å². The van der Waals surface area contributed by atoms with Gasteiger partial charge in [-0.2, -0.15) is 4.31 Å². The van der Waals surface area contributed by atoms with Crippen molar-refractivity contribution in [2.24, 2.45) is 0 Å². The van der Waals surface area contributed by atoms with Gasteiger partial charge in [0.2, 0.25) is 10.0 Å². The Hall–Kier alpha value is -3.00. The van der Waals surface area contributed by atoms with Crippen molar-refractivity contribution in [3.05, 3.63) is 90.0 Å². The number of amides is 1. The molecule has 1 saturated heterocycles. The third-order valence-electron chi connectivity index (χ3n) is 6.06. The van der Waals surface area contributed by atoms with E-state index in [0.29, 0.717) is 31.7 Å². The van der Waals surface area contributed by atoms with E-state index < -0.39 is 10.0 Å². The summed E-state index contributed by atoms with van der Waals surface area (Å²) in [5, 5.41) is 2.98. The van der Waals surface area contributed by atoms with Crippen LogP contribution in [0.4, 0.5) is 0 Å². The van der Waals surface area contributed by atoms with Gasteiger partial charge in [0, 0.05) is 31.7 Å². The van der Waals surface area contributed by atoms with Crippen LogP contribution < -0.4 is 5.32 Å². The van der Waals surface area contributed by atoms with E-state index >= 15 is 0 Å². The van der Waals surface area contributed by atoms with Gasteiger partial charge >= 0.3 is 0 Å². The Morgan fingerprint density at radius 3 is 2.15 bits per heavy atom. The minimum Gasteiger partial charge on any atom is -0.346 e. The second-order valence-corrected chi connectivity index (χ2v) is 10.4. The second kappa shape index (κ2) is 9.87. The lowest BCUT2D eigenvalue weighted by Gasteiger charge is -2.31. The van der Waals surface area contributed by atoms with Crippen LogP contribution in [-0.2, 0) is 10.0 Å². The first kappa shape index (κ1) is 23.2. The Morgan fingerprint density at radius 1 is 0.848 bits per heavy atom. The van der Waals surface area contributed by atoms with Crippen LogP contribution in [0.3, 0.4) is 0 Å². The summed E-state index contributed by atoms with van der Waals surface area (Å²) in [6, 6.07) is 24.3. The highest BCUT2D eigenvalue weighted by atomic mass is 32.2. The van der Waals surface area contributed by atoms with Gasteiger partial charge in [0.15, 0.2) is 0 Å². The van der Waals surface area contributed by atoms with Gasteiger partial charge in [0.05, 0.1) is 10.9 Å². The number of sulfonamides is 1. The lowest BCUT2D eigenvalue weighted by molar-refractivity contribution is 0.0939. The summed E-state index contributed by atoms with van der Waals surface area (Å²) >= 11 is 0. The van der Waals surface area contributed by atoms with Gasteiger partial charge in [-0.15, -0.1) is 0 Å². The average molecular weight is 464 g/mol. The highest BCUT2D eigenvalue weighted by Gasteiger charge is 2.28. The zero-order valence-corrected chi connectivity index (χ0v) is 19.8. The fraction of sp³-hybridized carbons (Fsp3) is 0.269. The van der Waals surface area contributed by atoms with E-state index in [0.717, 1.165) is 16.7 Å². The number of likely N-dealkylation sites (N-methyl/N-ethyl adjacent to an activating group) is 1. The molecular weight excluding hydrogens is 434 g/mol. The average Bonchev–Trinajstić information content (AvgIpc) is 2.85. The largest absolute Gasteiger partial charge is 0.346 e. The first-order valence-electron chi connectivity index (χ1n) is 11.1. The maximum absolute atomic E-state index is 13.0. The molecule has 6 nitrogen and oxygen atoms in total. The third-order valence-corrected chi connectivity index (χ3v) is 7.96. The quantitative estimate of drug-likeness (QED) is 0.604. The Labute approximate surface area is 195 Å². The topological polar surface area (TPSA) is 69.7 Å². The van der Waals surface area contributed by atoms with Gasteiger partial charge in [0.1, 0.15) is 0 Å². The third kappa shape index (κ3) is 5.33. The number of nitrogens with zero attached hydrogens (tertiary/aromatic N) is 2. The maximum atomic E-state index is 13.0. The van der Waals surface area contributed by atoms with E-state index in [1.54, 1.807) is 18.2 Å². The molecule has 0 unspecified atom stereocenters. The lowest BCUT2D eigenvalue weighted by atomic mass is 10.0. The Kier molecular flexibility index (Phi) is 6.93. The maximum Gasteiger partial charge on any atom is 0.251 e. The monoisotopic (exact) mass is 463 g/mol. The minimum absolute atomic E-state index is 0.152. The van der Waals surface area contributed by atoms with Crippen molar-refractivity contribution >= 4 is 15.9 Å². The normalized spacial score (nSPS) is 16.3. The standard InChI is InChI=1S/C26H29N3O3S/c1-20(21-11-13-23(14-12-21)22-7-4-3-5-8-22)27-26(30)24-9-6-10-25(19-24)33(31,32)29-17-15-28(2)16-18-29/h3-14,19-20H,15-18H2,1-2H3,(H,27,30)/t20-/m1/s1. The molecule has 1 aliphatic heterocycles. The molecule has 7 heteroatoms. The summed E-state index contributed by atoms with van der Waals surface area (Å²) in [4.78, 5) is 15.1. The summed E-state index contributed by atoms with van der Waals surface area (Å²) in [7, 11) is -1.65. The van der Waals surface area contributed by atoms with E-state index in [9.17, 15) is 13.2 Å².